The number of hydrogen-bond donors (Lipinski definition) is 1. The van der Waals surface area contributed by atoms with Crippen LogP contribution in [0.3, 0.4) is 0 Å². The van der Waals surface area contributed by atoms with Gasteiger partial charge in [-0.3, -0.25) is 14.4 Å². The molecule has 2 atom stereocenters. The molecule has 238 valence electrons. The van der Waals surface area contributed by atoms with Crippen LogP contribution in [0.4, 0.5) is 5.69 Å². The van der Waals surface area contributed by atoms with Gasteiger partial charge in [-0.15, -0.1) is 0 Å². The third-order valence-corrected chi connectivity index (χ3v) is 8.51. The summed E-state index contributed by atoms with van der Waals surface area (Å²) in [6.45, 7) is 11.0. The molecule has 1 saturated heterocycles. The van der Waals surface area contributed by atoms with Crippen LogP contribution in [0, 0.1) is 11.8 Å². The second-order valence-corrected chi connectivity index (χ2v) is 13.7. The first-order valence-corrected chi connectivity index (χ1v) is 17.2. The van der Waals surface area contributed by atoms with Gasteiger partial charge in [0.15, 0.2) is 5.78 Å². The molecule has 8 heteroatoms. The highest BCUT2D eigenvalue weighted by Crippen LogP contribution is 2.36. The number of piperidine rings is 1. The van der Waals surface area contributed by atoms with Crippen molar-refractivity contribution in [3.63, 3.8) is 0 Å². The fourth-order valence-corrected chi connectivity index (χ4v) is 4.92. The molecule has 1 N–H and O–H groups in total. The van der Waals surface area contributed by atoms with Crippen LogP contribution in [0.25, 0.3) is 0 Å². The average Bonchev–Trinajstić information content (AvgIpc) is 3.00. The summed E-state index contributed by atoms with van der Waals surface area (Å²) >= 11 is 13.5. The zero-order valence-corrected chi connectivity index (χ0v) is 29.0. The van der Waals surface area contributed by atoms with Gasteiger partial charge >= 0.3 is 0 Å². The van der Waals surface area contributed by atoms with E-state index >= 15 is 0 Å². The minimum atomic E-state index is -0.335. The number of rotatable bonds is 9. The molecule has 1 fully saturated rings. The predicted octanol–water partition coefficient (Wildman–Crippen LogP) is 9.99. The molecular weight excluding hydrogens is 611 g/mol. The molecule has 3 aromatic carbocycles. The quantitative estimate of drug-likeness (QED) is 0.233. The van der Waals surface area contributed by atoms with Crippen molar-refractivity contribution in [1.29, 1.82) is 0 Å². The number of thioether (sulfide) groups is 1. The Morgan fingerprint density at radius 3 is 1.93 bits per heavy atom. The molecular formula is C36H46Cl2N2O3S. The van der Waals surface area contributed by atoms with Crippen LogP contribution >= 0.6 is 35.0 Å². The Balaban J connectivity index is 0.000000469. The summed E-state index contributed by atoms with van der Waals surface area (Å²) in [5.74, 6) is -0.101. The van der Waals surface area contributed by atoms with Crippen LogP contribution in [0.1, 0.15) is 82.3 Å². The van der Waals surface area contributed by atoms with Crippen molar-refractivity contribution in [2.75, 3.05) is 18.1 Å². The molecule has 0 saturated carbocycles. The van der Waals surface area contributed by atoms with Crippen LogP contribution in [0.5, 0.6) is 0 Å². The van der Waals surface area contributed by atoms with E-state index in [1.807, 2.05) is 78.2 Å². The molecule has 0 spiro atoms. The minimum Gasteiger partial charge on any atom is -0.335 e. The molecule has 5 nitrogen and oxygen atoms in total. The Kier molecular flexibility index (Phi) is 16.6. The van der Waals surface area contributed by atoms with E-state index in [4.69, 9.17) is 23.2 Å². The molecule has 0 aromatic heterocycles. The second-order valence-electron chi connectivity index (χ2n) is 11.4. The minimum absolute atomic E-state index is 0.00475. The number of carbonyl (C=O) groups is 3. The first-order valence-electron chi connectivity index (χ1n) is 15.2. The number of likely N-dealkylation sites (tertiary alicyclic amines) is 1. The fourth-order valence-electron chi connectivity index (χ4n) is 4.65. The monoisotopic (exact) mass is 656 g/mol. The third-order valence-electron chi connectivity index (χ3n) is 7.06. The standard InChI is InChI=1S/C26H31ClN2O3.C6H5Cl.C4H10S/c1-4-24(30)19-7-12-22(13-8-19)28-25(31)15-20-9-14-23(18-5-10-21(27)11-6-18)29(26(20)32)16-17(2)3;7-6-4-2-1-3-5-6;1-4(2)5-3/h5-8,10-13,17,20,23H,4,9,14-16H2,1-3H3,(H,28,31);1-5H;4H,1-3H3. The SMILES string of the molecule is CCC(=O)c1ccc(NC(=O)CC2CCC(c3ccc(Cl)cc3)N(CC(C)C)C2=O)cc1.CSC(C)C.Clc1ccccc1. The van der Waals surface area contributed by atoms with Gasteiger partial charge < -0.3 is 10.2 Å². The highest BCUT2D eigenvalue weighted by molar-refractivity contribution is 7.99. The van der Waals surface area contributed by atoms with Crippen LogP contribution < -0.4 is 5.32 Å². The van der Waals surface area contributed by atoms with Crippen LogP contribution in [0.15, 0.2) is 78.9 Å². The summed E-state index contributed by atoms with van der Waals surface area (Å²) in [7, 11) is 0. The van der Waals surface area contributed by atoms with Gasteiger partial charge in [0.1, 0.15) is 0 Å². The lowest BCUT2D eigenvalue weighted by atomic mass is 9.85. The number of ketones is 1. The van der Waals surface area contributed by atoms with Gasteiger partial charge in [-0.1, -0.05) is 88.2 Å². The molecule has 3 aromatic rings. The number of benzene rings is 3. The van der Waals surface area contributed by atoms with Gasteiger partial charge in [-0.2, -0.15) is 11.8 Å². The largest absolute Gasteiger partial charge is 0.335 e. The maximum Gasteiger partial charge on any atom is 0.226 e. The van der Waals surface area contributed by atoms with Gasteiger partial charge in [0.05, 0.1) is 6.04 Å². The number of nitrogens with one attached hydrogen (secondary N) is 1. The van der Waals surface area contributed by atoms with E-state index in [0.29, 0.717) is 41.6 Å². The molecule has 0 bridgehead atoms. The smallest absolute Gasteiger partial charge is 0.226 e. The van der Waals surface area contributed by atoms with Gasteiger partial charge in [0.2, 0.25) is 11.8 Å². The Morgan fingerprint density at radius 2 is 1.45 bits per heavy atom. The highest BCUT2D eigenvalue weighted by atomic mass is 35.5. The topological polar surface area (TPSA) is 66.5 Å². The molecule has 0 radical (unpaired) electrons. The predicted molar refractivity (Wildman–Crippen MR) is 188 cm³/mol. The van der Waals surface area contributed by atoms with Crippen molar-refractivity contribution in [2.24, 2.45) is 11.8 Å². The molecule has 1 aliphatic rings. The van der Waals surface area contributed by atoms with Crippen LogP contribution in [-0.4, -0.2) is 40.5 Å². The zero-order chi connectivity index (χ0) is 32.6. The Hall–Kier alpha value is -2.80. The van der Waals surface area contributed by atoms with Crippen LogP contribution in [-0.2, 0) is 9.59 Å². The lowest BCUT2D eigenvalue weighted by Crippen LogP contribution is -2.45. The number of hydrogen-bond acceptors (Lipinski definition) is 4. The molecule has 1 heterocycles. The molecule has 2 unspecified atom stereocenters. The number of anilines is 1. The summed E-state index contributed by atoms with van der Waals surface area (Å²) in [5, 5.41) is 5.13. The Labute approximate surface area is 278 Å². The lowest BCUT2D eigenvalue weighted by molar-refractivity contribution is -0.144. The van der Waals surface area contributed by atoms with Gasteiger partial charge in [0, 0.05) is 46.6 Å². The summed E-state index contributed by atoms with van der Waals surface area (Å²) < 4.78 is 0. The maximum atomic E-state index is 13.3. The number of halogens is 2. The van der Waals surface area contributed by atoms with Crippen molar-refractivity contribution >= 4 is 58.2 Å². The summed E-state index contributed by atoms with van der Waals surface area (Å²) in [4.78, 5) is 39.7. The molecule has 0 aliphatic carbocycles. The van der Waals surface area contributed by atoms with Crippen LogP contribution in [0.2, 0.25) is 10.0 Å². The van der Waals surface area contributed by atoms with Crippen molar-refractivity contribution < 1.29 is 14.4 Å². The summed E-state index contributed by atoms with van der Waals surface area (Å²) in [6, 6.07) is 24.0. The summed E-state index contributed by atoms with van der Waals surface area (Å²) in [6.07, 6.45) is 4.18. The number of nitrogens with zero attached hydrogens (tertiary/aromatic N) is 1. The van der Waals surface area contributed by atoms with Crippen molar-refractivity contribution in [3.8, 4) is 0 Å². The lowest BCUT2D eigenvalue weighted by Gasteiger charge is -2.40. The molecule has 1 aliphatic heterocycles. The van der Waals surface area contributed by atoms with E-state index in [9.17, 15) is 14.4 Å². The first kappa shape index (κ1) is 37.4. The van der Waals surface area contributed by atoms with E-state index < -0.39 is 0 Å². The second kappa shape index (κ2) is 19.6. The molecule has 2 amide bonds. The maximum absolute atomic E-state index is 13.3. The number of Topliss-reactive ketones (excluding diaryl/α,β-unsaturated/α-hetero) is 1. The third kappa shape index (κ3) is 13.1. The molecule has 44 heavy (non-hydrogen) atoms. The van der Waals surface area contributed by atoms with E-state index in [1.165, 1.54) is 0 Å². The number of amides is 2. The first-order chi connectivity index (χ1) is 20.9. The van der Waals surface area contributed by atoms with Crippen molar-refractivity contribution in [3.05, 3.63) is 100 Å². The van der Waals surface area contributed by atoms with E-state index in [-0.39, 0.29) is 36.0 Å². The van der Waals surface area contributed by atoms with E-state index in [2.05, 4.69) is 39.3 Å². The van der Waals surface area contributed by atoms with E-state index in [0.717, 1.165) is 22.3 Å². The van der Waals surface area contributed by atoms with Crippen molar-refractivity contribution in [2.45, 2.75) is 71.6 Å². The number of carbonyl (C=O) groups excluding carboxylic acids is 3. The highest BCUT2D eigenvalue weighted by Gasteiger charge is 2.37. The summed E-state index contributed by atoms with van der Waals surface area (Å²) in [5.41, 5.74) is 2.34. The van der Waals surface area contributed by atoms with Gasteiger partial charge in [0.25, 0.3) is 0 Å². The Morgan fingerprint density at radius 1 is 0.886 bits per heavy atom. The molecule has 4 rings (SSSR count). The average molecular weight is 658 g/mol. The zero-order valence-electron chi connectivity index (χ0n) is 26.7. The normalized spacial score (nSPS) is 16.0. The van der Waals surface area contributed by atoms with E-state index in [1.54, 1.807) is 24.3 Å². The van der Waals surface area contributed by atoms with Gasteiger partial charge in [-0.25, -0.2) is 0 Å². The van der Waals surface area contributed by atoms with Crippen molar-refractivity contribution in [1.82, 2.24) is 4.90 Å². The van der Waals surface area contributed by atoms with Gasteiger partial charge in [-0.05, 0) is 84.4 Å². The Bertz CT molecular complexity index is 1300. The fraction of sp³-hybridized carbons (Fsp3) is 0.417.